The second kappa shape index (κ2) is 9.98. The summed E-state index contributed by atoms with van der Waals surface area (Å²) in [5.74, 6) is 1.43. The van der Waals surface area contributed by atoms with Gasteiger partial charge in [-0.05, 0) is 24.1 Å². The van der Waals surface area contributed by atoms with E-state index in [2.05, 4.69) is 26.2 Å². The van der Waals surface area contributed by atoms with E-state index in [9.17, 15) is 15.2 Å². The average Bonchev–Trinajstić information content (AvgIpc) is 3.55. The number of rotatable bonds is 4. The Balaban J connectivity index is 1.28. The van der Waals surface area contributed by atoms with E-state index in [0.717, 1.165) is 11.1 Å². The number of carbonyl (C=O) groups is 1. The van der Waals surface area contributed by atoms with Crippen LogP contribution in [-0.4, -0.2) is 86.0 Å². The second-order valence-electron chi connectivity index (χ2n) is 8.99. The number of aromatic nitrogens is 5. The summed E-state index contributed by atoms with van der Waals surface area (Å²) in [6.45, 7) is 3.70. The molecule has 5 rings (SSSR count). The number of nitrogens with zero attached hydrogens (tertiary/aromatic N) is 10. The third-order valence-corrected chi connectivity index (χ3v) is 6.47. The minimum Gasteiger partial charge on any atom is -0.388 e. The van der Waals surface area contributed by atoms with Gasteiger partial charge in [-0.3, -0.25) is 0 Å². The van der Waals surface area contributed by atoms with Crippen molar-refractivity contribution in [2.45, 2.75) is 26.0 Å². The Labute approximate surface area is 215 Å². The number of piperazine rings is 1. The predicted octanol–water partition coefficient (Wildman–Crippen LogP) is 0.413. The molecule has 1 unspecified atom stereocenters. The summed E-state index contributed by atoms with van der Waals surface area (Å²) in [6.07, 6.45) is 4.01. The van der Waals surface area contributed by atoms with Crippen molar-refractivity contribution in [1.82, 2.24) is 34.6 Å². The van der Waals surface area contributed by atoms with Crippen molar-refractivity contribution in [3.8, 4) is 17.6 Å². The second-order valence-corrected chi connectivity index (χ2v) is 8.99. The lowest BCUT2D eigenvalue weighted by Crippen LogP contribution is -2.52. The predicted molar refractivity (Wildman–Crippen MR) is 136 cm³/mol. The van der Waals surface area contributed by atoms with Crippen LogP contribution >= 0.6 is 0 Å². The van der Waals surface area contributed by atoms with Gasteiger partial charge < -0.3 is 14.9 Å². The maximum absolute atomic E-state index is 13.4. The number of hydrogen-bond donors (Lipinski definition) is 1. The van der Waals surface area contributed by atoms with Gasteiger partial charge in [0.1, 0.15) is 20.1 Å². The Kier molecular flexibility index (Phi) is 6.58. The van der Waals surface area contributed by atoms with Gasteiger partial charge in [0.15, 0.2) is 11.6 Å². The topological polar surface area (TPSA) is 140 Å². The molecule has 37 heavy (non-hydrogen) atoms. The van der Waals surface area contributed by atoms with E-state index in [1.807, 2.05) is 11.8 Å². The van der Waals surface area contributed by atoms with Crippen LogP contribution in [0.4, 0.5) is 10.7 Å². The van der Waals surface area contributed by atoms with E-state index in [1.54, 1.807) is 47.2 Å². The Bertz CT molecular complexity index is 1410. The zero-order valence-corrected chi connectivity index (χ0v) is 20.6. The molecule has 2 radical (unpaired) electrons. The van der Waals surface area contributed by atoms with Crippen LogP contribution in [-0.2, 0) is 13.7 Å². The smallest absolute Gasteiger partial charge is 0.341 e. The first kappa shape index (κ1) is 24.4. The quantitative estimate of drug-likeness (QED) is 0.513. The van der Waals surface area contributed by atoms with Gasteiger partial charge in [0, 0.05) is 52.1 Å². The number of amides is 2. The number of hydrogen-bond acceptors (Lipinski definition) is 9. The van der Waals surface area contributed by atoms with Crippen LogP contribution in [0.2, 0.25) is 0 Å². The molecule has 1 saturated heterocycles. The van der Waals surface area contributed by atoms with Crippen LogP contribution in [0.25, 0.3) is 11.5 Å². The molecule has 2 aliphatic heterocycles. The van der Waals surface area contributed by atoms with Crippen LogP contribution in [0, 0.1) is 18.3 Å². The molecule has 0 bridgehead atoms. The summed E-state index contributed by atoms with van der Waals surface area (Å²) in [5, 5.41) is 28.7. The fourth-order valence-corrected chi connectivity index (χ4v) is 4.57. The average molecular weight is 496 g/mol. The van der Waals surface area contributed by atoms with Crippen molar-refractivity contribution in [3.05, 3.63) is 46.9 Å². The number of hydrazone groups is 1. The Morgan fingerprint density at radius 3 is 2.70 bits per heavy atom. The van der Waals surface area contributed by atoms with Crippen LogP contribution < -0.4 is 10.4 Å². The molecule has 1 atom stereocenters. The summed E-state index contributed by atoms with van der Waals surface area (Å²) in [7, 11) is 7.72. The van der Waals surface area contributed by atoms with Crippen LogP contribution in [0.1, 0.15) is 35.0 Å². The summed E-state index contributed by atoms with van der Waals surface area (Å²) >= 11 is 0. The highest BCUT2D eigenvalue weighted by atomic mass is 16.3. The maximum atomic E-state index is 13.4. The van der Waals surface area contributed by atoms with Crippen molar-refractivity contribution in [1.29, 1.82) is 5.26 Å². The number of urea groups is 1. The molecule has 0 spiro atoms. The highest BCUT2D eigenvalue weighted by Gasteiger charge is 2.33. The van der Waals surface area contributed by atoms with E-state index < -0.39 is 0 Å². The van der Waals surface area contributed by atoms with E-state index in [1.165, 1.54) is 5.01 Å². The molecular formula is C24H25BN10O2. The molecule has 12 nitrogen and oxygen atoms in total. The van der Waals surface area contributed by atoms with Gasteiger partial charge in [-0.15, -0.1) is 0 Å². The first-order chi connectivity index (χ1) is 17.9. The van der Waals surface area contributed by atoms with Crippen molar-refractivity contribution in [2.75, 3.05) is 31.1 Å². The first-order valence-corrected chi connectivity index (χ1v) is 11.9. The maximum Gasteiger partial charge on any atom is 0.341 e. The number of aliphatic hydroxyl groups is 1. The lowest BCUT2D eigenvalue weighted by Gasteiger charge is -2.37. The fourth-order valence-electron chi connectivity index (χ4n) is 4.57. The van der Waals surface area contributed by atoms with Crippen LogP contribution in [0.3, 0.4) is 0 Å². The van der Waals surface area contributed by atoms with Crippen molar-refractivity contribution in [3.63, 3.8) is 0 Å². The van der Waals surface area contributed by atoms with Crippen molar-refractivity contribution >= 4 is 31.5 Å². The van der Waals surface area contributed by atoms with E-state index in [0.29, 0.717) is 66.9 Å². The molecule has 2 aliphatic rings. The molecule has 4 heterocycles. The molecule has 0 saturated carbocycles. The molecule has 1 N–H and O–H groups in total. The number of aryl methyl sites for hydroxylation is 2. The molecule has 1 fully saturated rings. The van der Waals surface area contributed by atoms with Gasteiger partial charge in [-0.2, -0.15) is 15.5 Å². The lowest BCUT2D eigenvalue weighted by molar-refractivity contribution is 0.139. The normalized spacial score (nSPS) is 17.4. The van der Waals surface area contributed by atoms with Gasteiger partial charge in [-0.1, -0.05) is 17.6 Å². The minimum absolute atomic E-state index is 0.194. The molecule has 2 amide bonds. The summed E-state index contributed by atoms with van der Waals surface area (Å²) in [4.78, 5) is 30.8. The number of carbonyl (C=O) groups excluding carboxylic acids is 1. The summed E-state index contributed by atoms with van der Waals surface area (Å²) in [5.41, 5.74) is 3.21. The SMILES string of the molecule is [B]c1cc(C#N)cc(C2CC=NN2C(=O)N2CCN(c3ncc(C)c(-c4nc(CO)nn4C)n3)CC2)c1. The summed E-state index contributed by atoms with van der Waals surface area (Å²) in [6, 6.07) is 6.76. The third kappa shape index (κ3) is 4.75. The highest BCUT2D eigenvalue weighted by Crippen LogP contribution is 2.30. The molecule has 13 heteroatoms. The monoisotopic (exact) mass is 496 g/mol. The minimum atomic E-state index is -0.306. The van der Waals surface area contributed by atoms with E-state index >= 15 is 0 Å². The van der Waals surface area contributed by atoms with Gasteiger partial charge in [-0.25, -0.2) is 29.4 Å². The number of anilines is 1. The van der Waals surface area contributed by atoms with Crippen molar-refractivity contribution < 1.29 is 9.90 Å². The standard InChI is InChI=1S/C24H25BN10O2/c1-15-13-27-23(30-21(15)22-29-20(14-36)31-32(22)2)33-5-7-34(8-6-33)24(37)35-19(3-4-28-35)17-9-16(12-26)10-18(25)11-17/h4,9-11,13,19,36H,3,5-8,14H2,1-2H3. The highest BCUT2D eigenvalue weighted by molar-refractivity contribution is 6.32. The van der Waals surface area contributed by atoms with Gasteiger partial charge in [0.25, 0.3) is 0 Å². The van der Waals surface area contributed by atoms with E-state index in [4.69, 9.17) is 12.8 Å². The van der Waals surface area contributed by atoms with Crippen LogP contribution in [0.15, 0.2) is 29.5 Å². The molecular weight excluding hydrogens is 471 g/mol. The molecule has 3 aromatic rings. The number of aliphatic hydroxyl groups excluding tert-OH is 1. The zero-order chi connectivity index (χ0) is 26.1. The first-order valence-electron chi connectivity index (χ1n) is 11.9. The fraction of sp³-hybridized carbons (Fsp3) is 0.375. The largest absolute Gasteiger partial charge is 0.388 e. The molecule has 2 aromatic heterocycles. The van der Waals surface area contributed by atoms with Crippen molar-refractivity contribution in [2.24, 2.45) is 12.1 Å². The number of benzene rings is 1. The Hall–Kier alpha value is -4.31. The molecule has 1 aromatic carbocycles. The molecule has 186 valence electrons. The van der Waals surface area contributed by atoms with E-state index in [-0.39, 0.29) is 18.7 Å². The van der Waals surface area contributed by atoms with Gasteiger partial charge >= 0.3 is 6.03 Å². The molecule has 0 aliphatic carbocycles. The lowest BCUT2D eigenvalue weighted by atomic mass is 9.89. The summed E-state index contributed by atoms with van der Waals surface area (Å²) < 4.78 is 1.59. The Morgan fingerprint density at radius 2 is 2.00 bits per heavy atom. The van der Waals surface area contributed by atoms with Crippen LogP contribution in [0.5, 0.6) is 0 Å². The van der Waals surface area contributed by atoms with Gasteiger partial charge in [0.05, 0.1) is 17.7 Å². The Morgan fingerprint density at radius 1 is 1.22 bits per heavy atom. The number of nitriles is 1. The van der Waals surface area contributed by atoms with Gasteiger partial charge in [0.2, 0.25) is 5.95 Å². The zero-order valence-electron chi connectivity index (χ0n) is 20.6. The third-order valence-electron chi connectivity index (χ3n) is 6.47.